The van der Waals surface area contributed by atoms with Crippen LogP contribution in [0.4, 0.5) is 0 Å². The van der Waals surface area contributed by atoms with Crippen molar-refractivity contribution >= 4 is 23.2 Å². The summed E-state index contributed by atoms with van der Waals surface area (Å²) in [5.74, 6) is 0.220. The molecule has 1 N–H and O–H groups in total. The van der Waals surface area contributed by atoms with E-state index in [2.05, 4.69) is 10.2 Å². The van der Waals surface area contributed by atoms with Gasteiger partial charge >= 0.3 is 0 Å². The van der Waals surface area contributed by atoms with Gasteiger partial charge in [-0.25, -0.2) is 0 Å². The van der Waals surface area contributed by atoms with Crippen molar-refractivity contribution in [1.82, 2.24) is 15.1 Å². The number of thiophene rings is 1. The minimum atomic E-state index is -0.0523. The van der Waals surface area contributed by atoms with E-state index in [0.717, 1.165) is 43.8 Å². The zero-order valence-electron chi connectivity index (χ0n) is 16.8. The molecule has 0 unspecified atom stereocenters. The fourth-order valence-electron chi connectivity index (χ4n) is 5.45. The van der Waals surface area contributed by atoms with E-state index < -0.39 is 0 Å². The second-order valence-electron chi connectivity index (χ2n) is 8.83. The molecule has 2 amide bonds. The van der Waals surface area contributed by atoms with Crippen molar-refractivity contribution in [3.8, 4) is 0 Å². The normalized spacial score (nSPS) is 24.7. The second kappa shape index (κ2) is 8.95. The summed E-state index contributed by atoms with van der Waals surface area (Å²) < 4.78 is 0. The minimum absolute atomic E-state index is 0.00972. The molecule has 0 radical (unpaired) electrons. The van der Waals surface area contributed by atoms with Crippen molar-refractivity contribution < 1.29 is 9.59 Å². The quantitative estimate of drug-likeness (QED) is 0.741. The molecule has 2 saturated heterocycles. The van der Waals surface area contributed by atoms with Gasteiger partial charge in [0, 0.05) is 25.0 Å². The maximum Gasteiger partial charge on any atom is 0.263 e. The number of likely N-dealkylation sites (tertiary alicyclic amines) is 2. The number of nitrogens with zero attached hydrogens (tertiary/aromatic N) is 2. The highest BCUT2D eigenvalue weighted by Crippen LogP contribution is 2.48. The van der Waals surface area contributed by atoms with E-state index in [1.54, 1.807) is 0 Å². The van der Waals surface area contributed by atoms with Crippen molar-refractivity contribution in [1.29, 1.82) is 0 Å². The lowest BCUT2D eigenvalue weighted by Crippen LogP contribution is -2.43. The van der Waals surface area contributed by atoms with Gasteiger partial charge in [0.2, 0.25) is 5.91 Å². The molecule has 4 rings (SSSR count). The van der Waals surface area contributed by atoms with Gasteiger partial charge in [0.25, 0.3) is 5.91 Å². The van der Waals surface area contributed by atoms with E-state index in [0.29, 0.717) is 6.54 Å². The SMILES string of the molecule is O=C(NCCCN1CCCC1)[C@H]1CN(C(=O)c2cccs2)CC12CCCCC2. The largest absolute Gasteiger partial charge is 0.356 e. The third-order valence-electron chi connectivity index (χ3n) is 6.98. The lowest BCUT2D eigenvalue weighted by atomic mass is 9.67. The number of carbonyl (C=O) groups excluding carboxylic acids is 2. The van der Waals surface area contributed by atoms with Crippen LogP contribution in [-0.4, -0.2) is 60.9 Å². The van der Waals surface area contributed by atoms with Crippen LogP contribution in [0.25, 0.3) is 0 Å². The third-order valence-corrected chi connectivity index (χ3v) is 7.84. The number of amides is 2. The van der Waals surface area contributed by atoms with E-state index in [4.69, 9.17) is 0 Å². The van der Waals surface area contributed by atoms with Crippen molar-refractivity contribution in [3.63, 3.8) is 0 Å². The van der Waals surface area contributed by atoms with Gasteiger partial charge in [-0.3, -0.25) is 9.59 Å². The standard InChI is InChI=1S/C22H33N3O2S/c26-20(23-11-7-14-24-12-4-5-13-24)18-16-25(21(27)19-8-6-15-28-19)17-22(18)9-2-1-3-10-22/h6,8,15,18H,1-5,7,9-14,16-17H2,(H,23,26)/t18-/m1/s1. The third kappa shape index (κ3) is 4.28. The van der Waals surface area contributed by atoms with Crippen molar-refractivity contribution in [2.45, 2.75) is 51.4 Å². The molecule has 3 aliphatic rings. The zero-order valence-corrected chi connectivity index (χ0v) is 17.6. The molecular weight excluding hydrogens is 370 g/mol. The monoisotopic (exact) mass is 403 g/mol. The summed E-state index contributed by atoms with van der Waals surface area (Å²) in [4.78, 5) is 31.2. The number of hydrogen-bond acceptors (Lipinski definition) is 4. The molecule has 1 aromatic heterocycles. The van der Waals surface area contributed by atoms with Crippen LogP contribution in [-0.2, 0) is 4.79 Å². The summed E-state index contributed by atoms with van der Waals surface area (Å²) in [6, 6.07) is 3.82. The van der Waals surface area contributed by atoms with Gasteiger partial charge in [-0.15, -0.1) is 11.3 Å². The first kappa shape index (κ1) is 19.9. The van der Waals surface area contributed by atoms with Crippen LogP contribution in [0.2, 0.25) is 0 Å². The highest BCUT2D eigenvalue weighted by Gasteiger charge is 2.51. The smallest absolute Gasteiger partial charge is 0.263 e. The van der Waals surface area contributed by atoms with Crippen LogP contribution < -0.4 is 5.32 Å². The zero-order chi connectivity index (χ0) is 19.4. The number of carbonyl (C=O) groups is 2. The van der Waals surface area contributed by atoms with Gasteiger partial charge in [0.05, 0.1) is 10.8 Å². The number of rotatable bonds is 6. The van der Waals surface area contributed by atoms with Crippen LogP contribution in [0.1, 0.15) is 61.0 Å². The molecule has 154 valence electrons. The maximum atomic E-state index is 13.1. The molecule has 3 heterocycles. The molecule has 6 heteroatoms. The molecule has 1 aromatic rings. The van der Waals surface area contributed by atoms with Gasteiger partial charge in [0.15, 0.2) is 0 Å². The number of nitrogens with one attached hydrogen (secondary N) is 1. The highest BCUT2D eigenvalue weighted by molar-refractivity contribution is 7.12. The van der Waals surface area contributed by atoms with E-state index in [9.17, 15) is 9.59 Å². The van der Waals surface area contributed by atoms with Crippen molar-refractivity contribution in [2.24, 2.45) is 11.3 Å². The maximum absolute atomic E-state index is 13.1. The molecular formula is C22H33N3O2S. The first-order chi connectivity index (χ1) is 13.7. The van der Waals surface area contributed by atoms with Crippen molar-refractivity contribution in [3.05, 3.63) is 22.4 Å². The highest BCUT2D eigenvalue weighted by atomic mass is 32.1. The van der Waals surface area contributed by atoms with Gasteiger partial charge < -0.3 is 15.1 Å². The van der Waals surface area contributed by atoms with Gasteiger partial charge in [-0.05, 0) is 63.2 Å². The van der Waals surface area contributed by atoms with Crippen LogP contribution in [0.15, 0.2) is 17.5 Å². The summed E-state index contributed by atoms with van der Waals surface area (Å²) in [5, 5.41) is 5.16. The summed E-state index contributed by atoms with van der Waals surface area (Å²) in [6.07, 6.45) is 9.41. The summed E-state index contributed by atoms with van der Waals surface area (Å²) >= 11 is 1.50. The van der Waals surface area contributed by atoms with E-state index >= 15 is 0 Å². The average Bonchev–Trinajstić information content (AvgIpc) is 3.46. The van der Waals surface area contributed by atoms with E-state index in [-0.39, 0.29) is 23.1 Å². The molecule has 1 saturated carbocycles. The molecule has 3 fully saturated rings. The molecule has 2 aliphatic heterocycles. The topological polar surface area (TPSA) is 52.7 Å². The van der Waals surface area contributed by atoms with Gasteiger partial charge in [-0.2, -0.15) is 0 Å². The molecule has 1 aliphatic carbocycles. The summed E-state index contributed by atoms with van der Waals surface area (Å²) in [7, 11) is 0. The van der Waals surface area contributed by atoms with Crippen LogP contribution in [0.5, 0.6) is 0 Å². The predicted octanol–water partition coefficient (Wildman–Crippen LogP) is 3.37. The predicted molar refractivity (Wildman–Crippen MR) is 113 cm³/mol. The first-order valence-electron chi connectivity index (χ1n) is 11.0. The van der Waals surface area contributed by atoms with Gasteiger partial charge in [-0.1, -0.05) is 25.3 Å². The molecule has 5 nitrogen and oxygen atoms in total. The Hall–Kier alpha value is -1.40. The Kier molecular flexibility index (Phi) is 6.36. The van der Waals surface area contributed by atoms with E-state index in [1.807, 2.05) is 22.4 Å². The van der Waals surface area contributed by atoms with Crippen molar-refractivity contribution in [2.75, 3.05) is 39.3 Å². The molecule has 28 heavy (non-hydrogen) atoms. The Morgan fingerprint density at radius 3 is 2.64 bits per heavy atom. The summed E-state index contributed by atoms with van der Waals surface area (Å²) in [5.41, 5.74) is -0.00972. The fraction of sp³-hybridized carbons (Fsp3) is 0.727. The Labute approximate surface area is 172 Å². The van der Waals surface area contributed by atoms with Gasteiger partial charge in [0.1, 0.15) is 0 Å². The molecule has 1 atom stereocenters. The second-order valence-corrected chi connectivity index (χ2v) is 9.78. The Balaban J connectivity index is 1.36. The lowest BCUT2D eigenvalue weighted by molar-refractivity contribution is -0.128. The van der Waals surface area contributed by atoms with E-state index in [1.165, 1.54) is 56.5 Å². The summed E-state index contributed by atoms with van der Waals surface area (Å²) in [6.45, 7) is 5.57. The molecule has 0 bridgehead atoms. The van der Waals surface area contributed by atoms with Crippen LogP contribution in [0, 0.1) is 11.3 Å². The molecule has 0 aromatic carbocycles. The molecule has 1 spiro atoms. The minimum Gasteiger partial charge on any atom is -0.356 e. The average molecular weight is 404 g/mol. The van der Waals surface area contributed by atoms with Crippen LogP contribution in [0.3, 0.4) is 0 Å². The Morgan fingerprint density at radius 2 is 1.93 bits per heavy atom. The Morgan fingerprint density at radius 1 is 1.14 bits per heavy atom. The first-order valence-corrected chi connectivity index (χ1v) is 11.9. The fourth-order valence-corrected chi connectivity index (χ4v) is 6.14. The lowest BCUT2D eigenvalue weighted by Gasteiger charge is -2.37. The van der Waals surface area contributed by atoms with Crippen LogP contribution >= 0.6 is 11.3 Å². The number of hydrogen-bond donors (Lipinski definition) is 1. The Bertz CT molecular complexity index is 663.